The van der Waals surface area contributed by atoms with Crippen LogP contribution < -0.4 is 16.2 Å². The summed E-state index contributed by atoms with van der Waals surface area (Å²) >= 11 is 0. The Hall–Kier alpha value is -4.87. The molecule has 4 heterocycles. The summed E-state index contributed by atoms with van der Waals surface area (Å²) < 4.78 is 32.1. The first-order valence-corrected chi connectivity index (χ1v) is 11.7. The summed E-state index contributed by atoms with van der Waals surface area (Å²) in [7, 11) is 1.71. The van der Waals surface area contributed by atoms with Gasteiger partial charge in [-0.05, 0) is 12.1 Å². The Balaban J connectivity index is 1.37. The summed E-state index contributed by atoms with van der Waals surface area (Å²) in [6.07, 6.45) is 7.93. The van der Waals surface area contributed by atoms with Gasteiger partial charge >= 0.3 is 0 Å². The minimum atomic E-state index is -3.24. The minimum Gasteiger partial charge on any atom is -0.359 e. The topological polar surface area (TPSA) is 123 Å². The SMILES string of the molecule is Cn1cc(-c2cnc(NCC(F)(F)c3ccccc3)c(=O)n2CC(=O)NCc2cc3cnccc3[nH]2)cn1. The second-order valence-corrected chi connectivity index (χ2v) is 8.74. The summed E-state index contributed by atoms with van der Waals surface area (Å²) in [5.74, 6) is -3.97. The van der Waals surface area contributed by atoms with Crippen LogP contribution in [0.25, 0.3) is 22.2 Å². The van der Waals surface area contributed by atoms with E-state index in [0.29, 0.717) is 11.3 Å². The zero-order valence-electron chi connectivity index (χ0n) is 20.4. The number of carbonyl (C=O) groups is 1. The predicted octanol–water partition coefficient (Wildman–Crippen LogP) is 3.04. The number of halogens is 2. The average Bonchev–Trinajstić information content (AvgIpc) is 3.54. The van der Waals surface area contributed by atoms with Gasteiger partial charge < -0.3 is 15.6 Å². The molecule has 3 N–H and O–H groups in total. The van der Waals surface area contributed by atoms with Gasteiger partial charge in [-0.15, -0.1) is 0 Å². The van der Waals surface area contributed by atoms with E-state index in [1.54, 1.807) is 36.4 Å². The van der Waals surface area contributed by atoms with Crippen molar-refractivity contribution in [1.82, 2.24) is 34.6 Å². The molecule has 0 aliphatic carbocycles. The fraction of sp³-hybridized carbons (Fsp3) is 0.192. The maximum Gasteiger partial charge on any atom is 0.294 e. The predicted molar refractivity (Wildman–Crippen MR) is 137 cm³/mol. The summed E-state index contributed by atoms with van der Waals surface area (Å²) in [5, 5.41) is 10.3. The molecule has 0 atom stereocenters. The molecule has 5 aromatic rings. The molecular formula is C26H24F2N8O2. The molecule has 1 aromatic carbocycles. The van der Waals surface area contributed by atoms with Gasteiger partial charge in [-0.1, -0.05) is 30.3 Å². The molecule has 0 aliphatic rings. The van der Waals surface area contributed by atoms with Crippen LogP contribution >= 0.6 is 0 Å². The fourth-order valence-electron chi connectivity index (χ4n) is 4.05. The molecule has 0 fully saturated rings. The van der Waals surface area contributed by atoms with E-state index in [-0.39, 0.29) is 24.5 Å². The number of benzene rings is 1. The number of nitrogens with one attached hydrogen (secondary N) is 3. The van der Waals surface area contributed by atoms with Crippen molar-refractivity contribution in [2.75, 3.05) is 11.9 Å². The fourth-order valence-corrected chi connectivity index (χ4v) is 4.05. The number of nitrogens with zero attached hydrogens (tertiary/aromatic N) is 5. The minimum absolute atomic E-state index is 0.188. The van der Waals surface area contributed by atoms with Crippen LogP contribution in [0.4, 0.5) is 14.6 Å². The quantitative estimate of drug-likeness (QED) is 0.276. The zero-order valence-corrected chi connectivity index (χ0v) is 20.4. The number of alkyl halides is 2. The van der Waals surface area contributed by atoms with Gasteiger partial charge in [0.25, 0.3) is 11.5 Å². The number of rotatable bonds is 9. The van der Waals surface area contributed by atoms with Crippen LogP contribution in [0.5, 0.6) is 0 Å². The standard InChI is InChI=1S/C26H24F2N8O2/c1-35-14-18(11-33-35)22-13-31-24(32-16-26(27,28)19-5-3-2-4-6-19)25(38)36(22)15-23(37)30-12-20-9-17-10-29-8-7-21(17)34-20/h2-11,13-14,34H,12,15-16H2,1H3,(H,30,37)(H,31,32). The molecule has 0 radical (unpaired) electrons. The Morgan fingerprint density at radius 1 is 1.13 bits per heavy atom. The molecule has 0 unspecified atom stereocenters. The third kappa shape index (κ3) is 5.28. The van der Waals surface area contributed by atoms with Crippen molar-refractivity contribution in [1.29, 1.82) is 0 Å². The second kappa shape index (κ2) is 10.2. The monoisotopic (exact) mass is 518 g/mol. The van der Waals surface area contributed by atoms with Crippen LogP contribution in [0.3, 0.4) is 0 Å². The van der Waals surface area contributed by atoms with Gasteiger partial charge in [0.2, 0.25) is 5.91 Å². The van der Waals surface area contributed by atoms with Crippen molar-refractivity contribution in [2.24, 2.45) is 7.05 Å². The Bertz CT molecular complexity index is 1610. The molecule has 10 nitrogen and oxygen atoms in total. The lowest BCUT2D eigenvalue weighted by Crippen LogP contribution is -2.35. The number of fused-ring (bicyclic) bond motifs is 1. The maximum atomic E-state index is 14.7. The molecule has 1 amide bonds. The number of H-pyrrole nitrogens is 1. The van der Waals surface area contributed by atoms with E-state index in [4.69, 9.17) is 0 Å². The molecule has 12 heteroatoms. The van der Waals surface area contributed by atoms with Crippen LogP contribution in [0.2, 0.25) is 0 Å². The first-order chi connectivity index (χ1) is 18.3. The van der Waals surface area contributed by atoms with Crippen molar-refractivity contribution in [3.05, 3.63) is 95.1 Å². The first kappa shape index (κ1) is 24.8. The third-order valence-corrected chi connectivity index (χ3v) is 5.98. The number of anilines is 1. The van der Waals surface area contributed by atoms with Crippen molar-refractivity contribution in [3.8, 4) is 11.3 Å². The molecule has 0 bridgehead atoms. The third-order valence-electron chi connectivity index (χ3n) is 5.98. The maximum absolute atomic E-state index is 14.7. The highest BCUT2D eigenvalue weighted by molar-refractivity contribution is 5.80. The highest BCUT2D eigenvalue weighted by Gasteiger charge is 2.31. The van der Waals surface area contributed by atoms with E-state index in [0.717, 1.165) is 16.6 Å². The molecular weight excluding hydrogens is 494 g/mol. The molecule has 0 saturated carbocycles. The van der Waals surface area contributed by atoms with Crippen molar-refractivity contribution in [2.45, 2.75) is 19.0 Å². The van der Waals surface area contributed by atoms with E-state index < -0.39 is 23.9 Å². The molecule has 0 saturated heterocycles. The number of amides is 1. The molecule has 4 aromatic heterocycles. The Morgan fingerprint density at radius 3 is 2.68 bits per heavy atom. The zero-order chi connectivity index (χ0) is 26.7. The van der Waals surface area contributed by atoms with E-state index >= 15 is 0 Å². The first-order valence-electron chi connectivity index (χ1n) is 11.7. The van der Waals surface area contributed by atoms with Crippen molar-refractivity contribution in [3.63, 3.8) is 0 Å². The molecule has 5 rings (SSSR count). The van der Waals surface area contributed by atoms with Crippen molar-refractivity contribution < 1.29 is 13.6 Å². The summed E-state index contributed by atoms with van der Waals surface area (Å²) in [4.78, 5) is 37.6. The number of hydrogen-bond acceptors (Lipinski definition) is 6. The van der Waals surface area contributed by atoms with Gasteiger partial charge in [0, 0.05) is 53.4 Å². The number of aromatic nitrogens is 6. The molecule has 0 aliphatic heterocycles. The van der Waals surface area contributed by atoms with Crippen LogP contribution in [-0.4, -0.2) is 41.8 Å². The lowest BCUT2D eigenvalue weighted by atomic mass is 10.1. The highest BCUT2D eigenvalue weighted by Crippen LogP contribution is 2.27. The van der Waals surface area contributed by atoms with Gasteiger partial charge in [-0.2, -0.15) is 13.9 Å². The normalized spacial score (nSPS) is 11.6. The summed E-state index contributed by atoms with van der Waals surface area (Å²) in [6.45, 7) is -0.992. The molecule has 38 heavy (non-hydrogen) atoms. The van der Waals surface area contributed by atoms with Crippen LogP contribution in [0.15, 0.2) is 78.2 Å². The summed E-state index contributed by atoms with van der Waals surface area (Å²) in [6, 6.07) is 11.0. The van der Waals surface area contributed by atoms with Gasteiger partial charge in [0.05, 0.1) is 31.2 Å². The van der Waals surface area contributed by atoms with Crippen molar-refractivity contribution >= 4 is 22.6 Å². The van der Waals surface area contributed by atoms with E-state index in [1.165, 1.54) is 41.2 Å². The van der Waals surface area contributed by atoms with E-state index in [1.807, 2.05) is 12.1 Å². The smallest absolute Gasteiger partial charge is 0.294 e. The van der Waals surface area contributed by atoms with Gasteiger partial charge in [0.15, 0.2) is 5.82 Å². The highest BCUT2D eigenvalue weighted by atomic mass is 19.3. The van der Waals surface area contributed by atoms with Crippen LogP contribution in [0.1, 0.15) is 11.3 Å². The number of aryl methyl sites for hydroxylation is 1. The molecule has 194 valence electrons. The lowest BCUT2D eigenvalue weighted by molar-refractivity contribution is -0.121. The number of carbonyl (C=O) groups excluding carboxylic acids is 1. The number of hydrogen-bond donors (Lipinski definition) is 3. The number of aromatic amines is 1. The van der Waals surface area contributed by atoms with E-state index in [9.17, 15) is 18.4 Å². The van der Waals surface area contributed by atoms with Gasteiger partial charge in [-0.25, -0.2) is 4.98 Å². The second-order valence-electron chi connectivity index (χ2n) is 8.74. The van der Waals surface area contributed by atoms with E-state index in [2.05, 4.69) is 30.7 Å². The molecule has 0 spiro atoms. The Labute approximate surface area is 215 Å². The lowest BCUT2D eigenvalue weighted by Gasteiger charge is -2.18. The van der Waals surface area contributed by atoms with Gasteiger partial charge in [-0.3, -0.25) is 23.8 Å². The van der Waals surface area contributed by atoms with Gasteiger partial charge in [0.1, 0.15) is 6.54 Å². The van der Waals surface area contributed by atoms with Crippen LogP contribution in [0, 0.1) is 0 Å². The Morgan fingerprint density at radius 2 is 1.95 bits per heavy atom. The van der Waals surface area contributed by atoms with Crippen LogP contribution in [-0.2, 0) is 30.9 Å². The number of pyridine rings is 1. The largest absolute Gasteiger partial charge is 0.359 e. The Kier molecular flexibility index (Phi) is 6.69. The average molecular weight is 519 g/mol. The summed E-state index contributed by atoms with van der Waals surface area (Å²) in [5.41, 5.74) is 1.64.